The smallest absolute Gasteiger partial charge is 0.0897 e. The van der Waals surface area contributed by atoms with Gasteiger partial charge in [-0.2, -0.15) is 0 Å². The van der Waals surface area contributed by atoms with Crippen molar-refractivity contribution in [2.45, 2.75) is 25.0 Å². The number of aryl methyl sites for hydroxylation is 2. The fraction of sp³-hybridized carbons (Fsp3) is 0.455. The predicted molar refractivity (Wildman–Crippen MR) is 103 cm³/mol. The second-order valence-corrected chi connectivity index (χ2v) is 7.47. The van der Waals surface area contributed by atoms with Gasteiger partial charge in [-0.1, -0.05) is 48.5 Å². The highest BCUT2D eigenvalue weighted by Gasteiger charge is 2.31. The van der Waals surface area contributed by atoms with Crippen LogP contribution in [0.25, 0.3) is 0 Å². The summed E-state index contributed by atoms with van der Waals surface area (Å²) in [6.07, 6.45) is 1.57. The molecule has 0 radical (unpaired) electrons. The Morgan fingerprint density at radius 2 is 1.38 bits per heavy atom. The summed E-state index contributed by atoms with van der Waals surface area (Å²) in [6, 6.07) is 18.1. The quantitative estimate of drug-likeness (QED) is 0.882. The topological polar surface area (TPSA) is 46.9 Å². The number of benzene rings is 2. The molecule has 0 amide bonds. The summed E-state index contributed by atoms with van der Waals surface area (Å²) < 4.78 is 0. The lowest BCUT2D eigenvalue weighted by molar-refractivity contribution is 0.0342. The summed E-state index contributed by atoms with van der Waals surface area (Å²) in [5.41, 5.74) is 5.82. The van der Waals surface area contributed by atoms with E-state index in [0.717, 1.165) is 39.0 Å². The molecule has 1 saturated heterocycles. The molecule has 2 N–H and O–H groups in total. The summed E-state index contributed by atoms with van der Waals surface area (Å²) in [5, 5.41) is 18.8. The van der Waals surface area contributed by atoms with E-state index >= 15 is 0 Å². The van der Waals surface area contributed by atoms with Gasteiger partial charge in [0.15, 0.2) is 0 Å². The fourth-order valence-electron chi connectivity index (χ4n) is 4.45. The summed E-state index contributed by atoms with van der Waals surface area (Å²) in [7, 11) is 0. The Kier molecular flexibility index (Phi) is 5.36. The van der Waals surface area contributed by atoms with E-state index in [1.54, 1.807) is 0 Å². The Morgan fingerprint density at radius 3 is 1.92 bits per heavy atom. The van der Waals surface area contributed by atoms with Crippen LogP contribution in [-0.2, 0) is 12.8 Å². The maximum Gasteiger partial charge on any atom is 0.0897 e. The molecule has 0 spiro atoms. The highest BCUT2D eigenvalue weighted by atomic mass is 16.3. The number of piperazine rings is 1. The second-order valence-electron chi connectivity index (χ2n) is 7.47. The highest BCUT2D eigenvalue weighted by molar-refractivity contribution is 5.44. The van der Waals surface area contributed by atoms with Crippen LogP contribution in [0.3, 0.4) is 0 Å². The van der Waals surface area contributed by atoms with Crippen molar-refractivity contribution in [2.24, 2.45) is 0 Å². The van der Waals surface area contributed by atoms with E-state index in [1.807, 2.05) is 0 Å². The summed E-state index contributed by atoms with van der Waals surface area (Å²) in [5.74, 6) is 0. The van der Waals surface area contributed by atoms with Gasteiger partial charge in [0.2, 0.25) is 0 Å². The molecule has 4 nitrogen and oxygen atoms in total. The Hall–Kier alpha value is -1.72. The van der Waals surface area contributed by atoms with Crippen LogP contribution in [0, 0.1) is 0 Å². The van der Waals surface area contributed by atoms with Gasteiger partial charge in [0, 0.05) is 32.7 Å². The molecule has 1 aliphatic carbocycles. The van der Waals surface area contributed by atoms with E-state index in [2.05, 4.69) is 58.3 Å². The average Bonchev–Trinajstić information content (AvgIpc) is 2.85. The Morgan fingerprint density at radius 1 is 0.846 bits per heavy atom. The summed E-state index contributed by atoms with van der Waals surface area (Å²) >= 11 is 0. The van der Waals surface area contributed by atoms with Gasteiger partial charge in [-0.15, -0.1) is 0 Å². The highest BCUT2D eigenvalue weighted by Crippen LogP contribution is 2.37. The number of aliphatic hydroxyl groups is 2. The van der Waals surface area contributed by atoms with Gasteiger partial charge in [0.25, 0.3) is 0 Å². The molecule has 0 aromatic heterocycles. The molecule has 1 atom stereocenters. The van der Waals surface area contributed by atoms with E-state index in [9.17, 15) is 5.11 Å². The Labute approximate surface area is 155 Å². The largest absolute Gasteiger partial charge is 0.394 e. The first kappa shape index (κ1) is 17.7. The molecule has 2 aliphatic rings. The lowest BCUT2D eigenvalue weighted by Gasteiger charge is -2.40. The number of hydrogen-bond acceptors (Lipinski definition) is 4. The number of nitrogens with zero attached hydrogens (tertiary/aromatic N) is 2. The first-order valence-corrected chi connectivity index (χ1v) is 9.67. The zero-order valence-electron chi connectivity index (χ0n) is 15.2. The number of rotatable bonds is 4. The van der Waals surface area contributed by atoms with Crippen molar-refractivity contribution in [2.75, 3.05) is 39.3 Å². The standard InChI is InChI=1S/C22H28N2O2/c25-16-19(26)15-23-11-13-24(14-12-23)22-20-7-3-1-5-17(20)9-10-18-6-2-4-8-21(18)22/h1-8,19,22,25-26H,9-16H2. The van der Waals surface area contributed by atoms with Gasteiger partial charge in [0.05, 0.1) is 18.8 Å². The van der Waals surface area contributed by atoms with Gasteiger partial charge in [0.1, 0.15) is 0 Å². The molecular formula is C22H28N2O2. The predicted octanol–water partition coefficient (Wildman–Crippen LogP) is 1.85. The maximum atomic E-state index is 9.72. The molecular weight excluding hydrogens is 324 g/mol. The molecule has 1 fully saturated rings. The van der Waals surface area contributed by atoms with Gasteiger partial charge in [-0.3, -0.25) is 9.80 Å². The molecule has 0 bridgehead atoms. The zero-order chi connectivity index (χ0) is 17.9. The molecule has 138 valence electrons. The normalized spacial score (nSPS) is 20.2. The van der Waals surface area contributed by atoms with Crippen LogP contribution >= 0.6 is 0 Å². The molecule has 4 rings (SSSR count). The number of aliphatic hydroxyl groups excluding tert-OH is 2. The van der Waals surface area contributed by atoms with Crippen LogP contribution in [0.15, 0.2) is 48.5 Å². The first-order chi connectivity index (χ1) is 12.8. The minimum Gasteiger partial charge on any atom is -0.394 e. The first-order valence-electron chi connectivity index (χ1n) is 9.67. The van der Waals surface area contributed by atoms with Crippen LogP contribution in [0.1, 0.15) is 28.3 Å². The minimum absolute atomic E-state index is 0.163. The number of hydrogen-bond donors (Lipinski definition) is 2. The van der Waals surface area contributed by atoms with Crippen molar-refractivity contribution in [1.29, 1.82) is 0 Å². The zero-order valence-corrected chi connectivity index (χ0v) is 15.2. The van der Waals surface area contributed by atoms with Crippen molar-refractivity contribution in [1.82, 2.24) is 9.80 Å². The molecule has 1 unspecified atom stereocenters. The van der Waals surface area contributed by atoms with E-state index in [4.69, 9.17) is 5.11 Å². The number of β-amino-alcohol motifs (C(OH)–C–C–N with tert-alkyl or cyclic N) is 1. The minimum atomic E-state index is -0.638. The Balaban J connectivity index is 1.60. The van der Waals surface area contributed by atoms with Crippen LogP contribution in [0.5, 0.6) is 0 Å². The van der Waals surface area contributed by atoms with Crippen LogP contribution < -0.4 is 0 Å². The van der Waals surface area contributed by atoms with Crippen molar-refractivity contribution in [3.8, 4) is 0 Å². The monoisotopic (exact) mass is 352 g/mol. The molecule has 2 aromatic carbocycles. The van der Waals surface area contributed by atoms with Gasteiger partial charge < -0.3 is 10.2 Å². The second kappa shape index (κ2) is 7.89. The SMILES string of the molecule is OCC(O)CN1CCN(C2c3ccccc3CCc3ccccc32)CC1. The number of fused-ring (bicyclic) bond motifs is 2. The van der Waals surface area contributed by atoms with E-state index in [1.165, 1.54) is 22.3 Å². The van der Waals surface area contributed by atoms with Crippen molar-refractivity contribution in [3.05, 3.63) is 70.8 Å². The third-order valence-electron chi connectivity index (χ3n) is 5.81. The van der Waals surface area contributed by atoms with Crippen LogP contribution in [0.4, 0.5) is 0 Å². The maximum absolute atomic E-state index is 9.72. The third-order valence-corrected chi connectivity index (χ3v) is 5.81. The molecule has 1 heterocycles. The van der Waals surface area contributed by atoms with Crippen molar-refractivity contribution in [3.63, 3.8) is 0 Å². The molecule has 2 aromatic rings. The van der Waals surface area contributed by atoms with Crippen molar-refractivity contribution >= 4 is 0 Å². The van der Waals surface area contributed by atoms with E-state index in [-0.39, 0.29) is 6.61 Å². The molecule has 0 saturated carbocycles. The molecule has 4 heteroatoms. The Bertz CT molecular complexity index is 693. The summed E-state index contributed by atoms with van der Waals surface area (Å²) in [6.45, 7) is 4.21. The van der Waals surface area contributed by atoms with E-state index < -0.39 is 6.10 Å². The lowest BCUT2D eigenvalue weighted by atomic mass is 9.92. The molecule has 1 aliphatic heterocycles. The van der Waals surface area contributed by atoms with Crippen LogP contribution in [-0.4, -0.2) is 65.4 Å². The van der Waals surface area contributed by atoms with Crippen molar-refractivity contribution < 1.29 is 10.2 Å². The lowest BCUT2D eigenvalue weighted by Crippen LogP contribution is -2.50. The van der Waals surface area contributed by atoms with Gasteiger partial charge >= 0.3 is 0 Å². The van der Waals surface area contributed by atoms with Gasteiger partial charge in [-0.25, -0.2) is 0 Å². The van der Waals surface area contributed by atoms with E-state index in [0.29, 0.717) is 12.6 Å². The average molecular weight is 352 g/mol. The van der Waals surface area contributed by atoms with Crippen LogP contribution in [0.2, 0.25) is 0 Å². The summed E-state index contributed by atoms with van der Waals surface area (Å²) in [4.78, 5) is 4.84. The molecule has 26 heavy (non-hydrogen) atoms. The third kappa shape index (κ3) is 3.55. The van der Waals surface area contributed by atoms with Gasteiger partial charge in [-0.05, 0) is 35.1 Å². The fourth-order valence-corrected chi connectivity index (χ4v) is 4.45.